The number of thiophene rings is 1. The van der Waals surface area contributed by atoms with Gasteiger partial charge in [0.15, 0.2) is 0 Å². The molecule has 2 heterocycles. The molecular weight excluding hydrogens is 310 g/mol. The number of fused-ring (bicyclic) bond motifs is 1. The predicted octanol–water partition coefficient (Wildman–Crippen LogP) is 4.04. The number of aliphatic hydroxyl groups is 1. The Balaban J connectivity index is 1.69. The van der Waals surface area contributed by atoms with Crippen molar-refractivity contribution < 1.29 is 14.3 Å². The van der Waals surface area contributed by atoms with E-state index >= 15 is 0 Å². The van der Waals surface area contributed by atoms with Gasteiger partial charge in [-0.25, -0.2) is 0 Å². The number of rotatable bonds is 5. The van der Waals surface area contributed by atoms with Gasteiger partial charge in [0.2, 0.25) is 0 Å². The fraction of sp³-hybridized carbons (Fsp3) is 0.278. The second kappa shape index (κ2) is 6.56. The molecule has 3 rings (SSSR count). The van der Waals surface area contributed by atoms with Crippen LogP contribution >= 0.6 is 11.3 Å². The highest BCUT2D eigenvalue weighted by molar-refractivity contribution is 7.21. The molecule has 0 spiro atoms. The summed E-state index contributed by atoms with van der Waals surface area (Å²) >= 11 is 1.50. The SMILES string of the molecule is Cc1c(C(=O)N[C@@H](C)C[C@H](O)c2ccco2)sc2ccccc12. The highest BCUT2D eigenvalue weighted by Gasteiger charge is 2.20. The second-order valence-electron chi connectivity index (χ2n) is 5.69. The van der Waals surface area contributed by atoms with Crippen LogP contribution in [0, 0.1) is 6.92 Å². The molecule has 120 valence electrons. The average molecular weight is 329 g/mol. The molecule has 2 N–H and O–H groups in total. The maximum absolute atomic E-state index is 12.5. The molecule has 2 atom stereocenters. The summed E-state index contributed by atoms with van der Waals surface area (Å²) in [5, 5.41) is 14.2. The molecule has 0 bridgehead atoms. The lowest BCUT2D eigenvalue weighted by atomic mass is 10.1. The van der Waals surface area contributed by atoms with Crippen molar-refractivity contribution in [3.8, 4) is 0 Å². The Kier molecular flexibility index (Phi) is 4.50. The van der Waals surface area contributed by atoms with E-state index in [4.69, 9.17) is 4.42 Å². The third kappa shape index (κ3) is 3.30. The molecule has 5 heteroatoms. The molecule has 1 amide bonds. The lowest BCUT2D eigenvalue weighted by molar-refractivity contribution is 0.0906. The van der Waals surface area contributed by atoms with Crippen molar-refractivity contribution in [2.75, 3.05) is 0 Å². The van der Waals surface area contributed by atoms with Gasteiger partial charge in [0.25, 0.3) is 5.91 Å². The lowest BCUT2D eigenvalue weighted by Crippen LogP contribution is -2.33. The second-order valence-corrected chi connectivity index (χ2v) is 6.75. The fourth-order valence-corrected chi connectivity index (χ4v) is 3.78. The molecule has 23 heavy (non-hydrogen) atoms. The Morgan fingerprint density at radius 1 is 1.30 bits per heavy atom. The molecule has 0 fully saturated rings. The fourth-order valence-electron chi connectivity index (χ4n) is 2.67. The van der Waals surface area contributed by atoms with E-state index in [2.05, 4.69) is 5.32 Å². The van der Waals surface area contributed by atoms with Crippen LogP contribution < -0.4 is 5.32 Å². The van der Waals surface area contributed by atoms with Crippen LogP contribution in [0.1, 0.15) is 40.4 Å². The monoisotopic (exact) mass is 329 g/mol. The van der Waals surface area contributed by atoms with E-state index in [1.165, 1.54) is 17.6 Å². The summed E-state index contributed by atoms with van der Waals surface area (Å²) in [6.07, 6.45) is 1.22. The Bertz CT molecular complexity index is 807. The largest absolute Gasteiger partial charge is 0.467 e. The summed E-state index contributed by atoms with van der Waals surface area (Å²) in [4.78, 5) is 13.2. The summed E-state index contributed by atoms with van der Waals surface area (Å²) in [5.41, 5.74) is 1.00. The summed E-state index contributed by atoms with van der Waals surface area (Å²) in [5.74, 6) is 0.423. The molecule has 0 aliphatic carbocycles. The van der Waals surface area contributed by atoms with Crippen molar-refractivity contribution in [3.05, 3.63) is 58.9 Å². The van der Waals surface area contributed by atoms with E-state index in [-0.39, 0.29) is 11.9 Å². The molecule has 2 aromatic heterocycles. The van der Waals surface area contributed by atoms with Crippen LogP contribution in [0.3, 0.4) is 0 Å². The Labute approximate surface area is 138 Å². The Morgan fingerprint density at radius 3 is 2.78 bits per heavy atom. The van der Waals surface area contributed by atoms with E-state index in [0.29, 0.717) is 12.2 Å². The number of benzene rings is 1. The van der Waals surface area contributed by atoms with E-state index < -0.39 is 6.10 Å². The van der Waals surface area contributed by atoms with Gasteiger partial charge in [0.1, 0.15) is 11.9 Å². The van der Waals surface area contributed by atoms with Crippen molar-refractivity contribution >= 4 is 27.3 Å². The van der Waals surface area contributed by atoms with Crippen molar-refractivity contribution in [1.82, 2.24) is 5.32 Å². The molecule has 0 radical (unpaired) electrons. The smallest absolute Gasteiger partial charge is 0.261 e. The quantitative estimate of drug-likeness (QED) is 0.742. The first-order valence-electron chi connectivity index (χ1n) is 7.56. The van der Waals surface area contributed by atoms with Gasteiger partial charge in [-0.05, 0) is 43.0 Å². The topological polar surface area (TPSA) is 62.5 Å². The molecule has 0 saturated carbocycles. The number of furan rings is 1. The van der Waals surface area contributed by atoms with E-state index in [9.17, 15) is 9.90 Å². The zero-order valence-electron chi connectivity index (χ0n) is 13.1. The van der Waals surface area contributed by atoms with Crippen LogP contribution in [0.25, 0.3) is 10.1 Å². The minimum absolute atomic E-state index is 0.0946. The first-order chi connectivity index (χ1) is 11.1. The van der Waals surface area contributed by atoms with Gasteiger partial charge in [-0.1, -0.05) is 18.2 Å². The molecule has 0 aliphatic heterocycles. The molecule has 0 saturated heterocycles. The van der Waals surface area contributed by atoms with Crippen LogP contribution in [-0.2, 0) is 0 Å². The van der Waals surface area contributed by atoms with Crippen molar-refractivity contribution in [1.29, 1.82) is 0 Å². The average Bonchev–Trinajstić information content (AvgIpc) is 3.16. The third-order valence-electron chi connectivity index (χ3n) is 3.88. The minimum atomic E-state index is -0.719. The number of aryl methyl sites for hydroxylation is 1. The van der Waals surface area contributed by atoms with Gasteiger partial charge in [-0.3, -0.25) is 4.79 Å². The zero-order valence-corrected chi connectivity index (χ0v) is 13.9. The molecule has 0 unspecified atom stereocenters. The van der Waals surface area contributed by atoms with Gasteiger partial charge in [0.05, 0.1) is 11.1 Å². The van der Waals surface area contributed by atoms with E-state index in [0.717, 1.165) is 20.5 Å². The van der Waals surface area contributed by atoms with Crippen molar-refractivity contribution in [3.63, 3.8) is 0 Å². The maximum Gasteiger partial charge on any atom is 0.261 e. The molecule has 4 nitrogen and oxygen atoms in total. The zero-order chi connectivity index (χ0) is 16.4. The number of amides is 1. The highest BCUT2D eigenvalue weighted by Crippen LogP contribution is 2.30. The standard InChI is InChI=1S/C18H19NO3S/c1-11(10-14(20)15-7-5-9-22-15)19-18(21)17-12(2)13-6-3-4-8-16(13)23-17/h3-9,11,14,20H,10H2,1-2H3,(H,19,21)/t11-,14-/m0/s1. The van der Waals surface area contributed by atoms with Gasteiger partial charge in [-0.15, -0.1) is 11.3 Å². The van der Waals surface area contributed by atoms with Crippen LogP contribution in [0.4, 0.5) is 0 Å². The van der Waals surface area contributed by atoms with Gasteiger partial charge in [0, 0.05) is 17.2 Å². The van der Waals surface area contributed by atoms with Gasteiger partial charge < -0.3 is 14.8 Å². The number of aliphatic hydroxyl groups excluding tert-OH is 1. The van der Waals surface area contributed by atoms with Crippen LogP contribution in [0.5, 0.6) is 0 Å². The van der Waals surface area contributed by atoms with Gasteiger partial charge in [-0.2, -0.15) is 0 Å². The first-order valence-corrected chi connectivity index (χ1v) is 8.38. The molecule has 1 aromatic carbocycles. The lowest BCUT2D eigenvalue weighted by Gasteiger charge is -2.16. The van der Waals surface area contributed by atoms with Crippen LogP contribution in [0.2, 0.25) is 0 Å². The Morgan fingerprint density at radius 2 is 2.09 bits per heavy atom. The number of nitrogens with one attached hydrogen (secondary N) is 1. The third-order valence-corrected chi connectivity index (χ3v) is 5.15. The normalized spacial score (nSPS) is 13.9. The van der Waals surface area contributed by atoms with Crippen molar-refractivity contribution in [2.24, 2.45) is 0 Å². The molecule has 0 aliphatic rings. The van der Waals surface area contributed by atoms with Crippen molar-refractivity contribution in [2.45, 2.75) is 32.4 Å². The van der Waals surface area contributed by atoms with E-state index in [1.807, 2.05) is 38.1 Å². The number of hydrogen-bond acceptors (Lipinski definition) is 4. The summed E-state index contributed by atoms with van der Waals surface area (Å²) in [6.45, 7) is 3.85. The Hall–Kier alpha value is -2.11. The van der Waals surface area contributed by atoms with Gasteiger partial charge >= 0.3 is 0 Å². The number of carbonyl (C=O) groups excluding carboxylic acids is 1. The maximum atomic E-state index is 12.5. The van der Waals surface area contributed by atoms with Crippen LogP contribution in [0.15, 0.2) is 47.1 Å². The first kappa shape index (κ1) is 15.8. The molecule has 3 aromatic rings. The predicted molar refractivity (Wildman–Crippen MR) is 91.8 cm³/mol. The minimum Gasteiger partial charge on any atom is -0.467 e. The summed E-state index contributed by atoms with van der Waals surface area (Å²) in [7, 11) is 0. The van der Waals surface area contributed by atoms with E-state index in [1.54, 1.807) is 12.1 Å². The number of carbonyl (C=O) groups is 1. The number of hydrogen-bond donors (Lipinski definition) is 2. The van der Waals surface area contributed by atoms with Crippen LogP contribution in [-0.4, -0.2) is 17.1 Å². The molecular formula is C18H19NO3S. The summed E-state index contributed by atoms with van der Waals surface area (Å²) < 4.78 is 6.29. The highest BCUT2D eigenvalue weighted by atomic mass is 32.1. The summed E-state index contributed by atoms with van der Waals surface area (Å²) in [6, 6.07) is 11.3.